The smallest absolute Gasteiger partial charge is 0.416 e. The largest absolute Gasteiger partial charge is 0.493 e. The van der Waals surface area contributed by atoms with E-state index in [0.29, 0.717) is 38.5 Å². The molecule has 0 unspecified atom stereocenters. The quantitative estimate of drug-likeness (QED) is 0.707. The van der Waals surface area contributed by atoms with Crippen LogP contribution in [-0.4, -0.2) is 46.9 Å². The second kappa shape index (κ2) is 8.90. The number of hydrogen-bond donors (Lipinski definition) is 0. The van der Waals surface area contributed by atoms with Crippen molar-refractivity contribution < 1.29 is 27.4 Å². The molecule has 1 amide bonds. The highest BCUT2D eigenvalue weighted by atomic mass is 19.4. The minimum atomic E-state index is -4.36. The number of aryl methyl sites for hydroxylation is 1. The van der Waals surface area contributed by atoms with Crippen LogP contribution in [0.4, 0.5) is 13.2 Å². The number of ether oxygens (including phenoxy) is 2. The van der Waals surface area contributed by atoms with Gasteiger partial charge in [-0.3, -0.25) is 9.48 Å². The van der Waals surface area contributed by atoms with Crippen molar-refractivity contribution >= 4 is 5.91 Å². The van der Waals surface area contributed by atoms with E-state index < -0.39 is 17.2 Å². The van der Waals surface area contributed by atoms with Crippen LogP contribution in [0.15, 0.2) is 30.3 Å². The number of morpholine rings is 1. The van der Waals surface area contributed by atoms with E-state index >= 15 is 0 Å². The van der Waals surface area contributed by atoms with Crippen molar-refractivity contribution in [3.05, 3.63) is 47.3 Å². The molecule has 0 aliphatic carbocycles. The third-order valence-electron chi connectivity index (χ3n) is 5.13. The van der Waals surface area contributed by atoms with Crippen LogP contribution in [0.1, 0.15) is 43.8 Å². The van der Waals surface area contributed by atoms with Crippen molar-refractivity contribution in [2.75, 3.05) is 26.3 Å². The summed E-state index contributed by atoms with van der Waals surface area (Å²) in [5.74, 6) is 0.462. The summed E-state index contributed by atoms with van der Waals surface area (Å²) in [7, 11) is 1.82. The normalized spacial score (nSPS) is 17.6. The number of nitrogens with zero attached hydrogens (tertiary/aromatic N) is 3. The first-order valence-corrected chi connectivity index (χ1v) is 10.2. The van der Waals surface area contributed by atoms with Crippen LogP contribution in [-0.2, 0) is 29.2 Å². The summed E-state index contributed by atoms with van der Waals surface area (Å²) in [6.45, 7) is 7.46. The molecule has 31 heavy (non-hydrogen) atoms. The van der Waals surface area contributed by atoms with E-state index in [9.17, 15) is 18.0 Å². The standard InChI is InChI=1S/C22H28F3N3O3/c1-21(2,3)20(29)28-10-12-31-19(14-28)18-13-16(27(4)26-18)9-11-30-17-7-5-15(6-8-17)22(23,24)25/h5-8,13,19H,9-12,14H2,1-4H3/t19-/m0/s1. The van der Waals surface area contributed by atoms with Gasteiger partial charge in [0.1, 0.15) is 11.9 Å². The number of alkyl halides is 3. The Bertz CT molecular complexity index is 901. The minimum absolute atomic E-state index is 0.0851. The predicted molar refractivity (Wildman–Crippen MR) is 109 cm³/mol. The first kappa shape index (κ1) is 23.1. The van der Waals surface area contributed by atoms with Gasteiger partial charge in [-0.05, 0) is 30.3 Å². The molecule has 1 saturated heterocycles. The fraction of sp³-hybridized carbons (Fsp3) is 0.545. The summed E-state index contributed by atoms with van der Waals surface area (Å²) in [4.78, 5) is 14.4. The van der Waals surface area contributed by atoms with Gasteiger partial charge < -0.3 is 14.4 Å². The highest BCUT2D eigenvalue weighted by Gasteiger charge is 2.33. The number of carbonyl (C=O) groups is 1. The van der Waals surface area contributed by atoms with Crippen molar-refractivity contribution in [2.24, 2.45) is 12.5 Å². The Morgan fingerprint density at radius 3 is 2.52 bits per heavy atom. The summed E-state index contributed by atoms with van der Waals surface area (Å²) >= 11 is 0. The molecule has 2 heterocycles. The highest BCUT2D eigenvalue weighted by molar-refractivity contribution is 5.81. The lowest BCUT2D eigenvalue weighted by Crippen LogP contribution is -2.47. The predicted octanol–water partition coefficient (Wildman–Crippen LogP) is 4.01. The Kier molecular flexibility index (Phi) is 6.64. The van der Waals surface area contributed by atoms with Crippen LogP contribution in [0.3, 0.4) is 0 Å². The summed E-state index contributed by atoms with van der Waals surface area (Å²) in [5.41, 5.74) is 0.498. The zero-order chi connectivity index (χ0) is 22.8. The Labute approximate surface area is 179 Å². The van der Waals surface area contributed by atoms with Gasteiger partial charge in [-0.2, -0.15) is 18.3 Å². The number of rotatable bonds is 5. The van der Waals surface area contributed by atoms with Crippen molar-refractivity contribution in [1.82, 2.24) is 14.7 Å². The Hall–Kier alpha value is -2.55. The maximum atomic E-state index is 12.6. The summed E-state index contributed by atoms with van der Waals surface area (Å²) in [5, 5.41) is 4.53. The fourth-order valence-electron chi connectivity index (χ4n) is 3.42. The van der Waals surface area contributed by atoms with E-state index in [1.54, 1.807) is 4.68 Å². The molecule has 1 fully saturated rings. The molecule has 1 aliphatic rings. The van der Waals surface area contributed by atoms with E-state index in [1.165, 1.54) is 12.1 Å². The first-order chi connectivity index (χ1) is 14.4. The number of benzene rings is 1. The molecule has 1 aliphatic heterocycles. The number of amides is 1. The topological polar surface area (TPSA) is 56.6 Å². The van der Waals surface area contributed by atoms with Crippen LogP contribution >= 0.6 is 0 Å². The van der Waals surface area contributed by atoms with Crippen LogP contribution in [0, 0.1) is 5.41 Å². The average molecular weight is 439 g/mol. The maximum absolute atomic E-state index is 12.6. The van der Waals surface area contributed by atoms with E-state index in [1.807, 2.05) is 38.8 Å². The van der Waals surface area contributed by atoms with Gasteiger partial charge in [-0.15, -0.1) is 0 Å². The fourth-order valence-corrected chi connectivity index (χ4v) is 3.42. The van der Waals surface area contributed by atoms with E-state index in [0.717, 1.165) is 23.5 Å². The van der Waals surface area contributed by atoms with Crippen LogP contribution in [0.2, 0.25) is 0 Å². The van der Waals surface area contributed by atoms with Gasteiger partial charge >= 0.3 is 6.18 Å². The molecule has 1 atom stereocenters. The monoisotopic (exact) mass is 439 g/mol. The zero-order valence-electron chi connectivity index (χ0n) is 18.2. The van der Waals surface area contributed by atoms with Crippen molar-refractivity contribution in [3.8, 4) is 5.75 Å². The molecule has 3 rings (SSSR count). The minimum Gasteiger partial charge on any atom is -0.493 e. The third kappa shape index (κ3) is 5.78. The molecule has 1 aromatic heterocycles. The Morgan fingerprint density at radius 1 is 1.23 bits per heavy atom. The number of halogens is 3. The lowest BCUT2D eigenvalue weighted by Gasteiger charge is -2.35. The van der Waals surface area contributed by atoms with E-state index in [2.05, 4.69) is 5.10 Å². The van der Waals surface area contributed by atoms with Gasteiger partial charge in [0.05, 0.1) is 31.0 Å². The molecule has 2 aromatic rings. The van der Waals surface area contributed by atoms with Crippen molar-refractivity contribution in [3.63, 3.8) is 0 Å². The van der Waals surface area contributed by atoms with Crippen molar-refractivity contribution in [1.29, 1.82) is 0 Å². The molecule has 0 spiro atoms. The number of aromatic nitrogens is 2. The second-order valence-corrected chi connectivity index (χ2v) is 8.67. The highest BCUT2D eigenvalue weighted by Crippen LogP contribution is 2.30. The molecule has 0 N–H and O–H groups in total. The lowest BCUT2D eigenvalue weighted by atomic mass is 9.94. The number of carbonyl (C=O) groups excluding carboxylic acids is 1. The summed E-state index contributed by atoms with van der Waals surface area (Å²) in [6, 6.07) is 6.55. The van der Waals surface area contributed by atoms with Crippen LogP contribution in [0.25, 0.3) is 0 Å². The van der Waals surface area contributed by atoms with Gasteiger partial charge in [0.2, 0.25) is 5.91 Å². The molecule has 170 valence electrons. The molecule has 0 bridgehead atoms. The van der Waals surface area contributed by atoms with E-state index in [-0.39, 0.29) is 12.0 Å². The maximum Gasteiger partial charge on any atom is 0.416 e. The average Bonchev–Trinajstić information content (AvgIpc) is 3.07. The second-order valence-electron chi connectivity index (χ2n) is 8.67. The zero-order valence-corrected chi connectivity index (χ0v) is 18.2. The molecule has 9 heteroatoms. The molecular formula is C22H28F3N3O3. The molecule has 6 nitrogen and oxygen atoms in total. The summed E-state index contributed by atoms with van der Waals surface area (Å²) in [6.07, 6.45) is -4.13. The van der Waals surface area contributed by atoms with Crippen LogP contribution < -0.4 is 4.74 Å². The molecule has 1 aromatic carbocycles. The molecule has 0 saturated carbocycles. The SMILES string of the molecule is Cn1nc([C@@H]2CN(C(=O)C(C)(C)C)CCO2)cc1CCOc1ccc(C(F)(F)F)cc1. The van der Waals surface area contributed by atoms with E-state index in [4.69, 9.17) is 9.47 Å². The molecular weight excluding hydrogens is 411 g/mol. The van der Waals surface area contributed by atoms with Crippen LogP contribution in [0.5, 0.6) is 5.75 Å². The first-order valence-electron chi connectivity index (χ1n) is 10.2. The van der Waals surface area contributed by atoms with Gasteiger partial charge in [0, 0.05) is 31.1 Å². The van der Waals surface area contributed by atoms with Gasteiger partial charge in [-0.1, -0.05) is 20.8 Å². The third-order valence-corrected chi connectivity index (χ3v) is 5.13. The Morgan fingerprint density at radius 2 is 1.90 bits per heavy atom. The lowest BCUT2D eigenvalue weighted by molar-refractivity contribution is -0.147. The van der Waals surface area contributed by atoms with Gasteiger partial charge in [0.25, 0.3) is 0 Å². The van der Waals surface area contributed by atoms with Crippen molar-refractivity contribution in [2.45, 2.75) is 39.5 Å². The number of hydrogen-bond acceptors (Lipinski definition) is 4. The molecule has 0 radical (unpaired) electrons. The summed E-state index contributed by atoms with van der Waals surface area (Å²) < 4.78 is 51.1. The van der Waals surface area contributed by atoms with Gasteiger partial charge in [0.15, 0.2) is 0 Å². The van der Waals surface area contributed by atoms with Gasteiger partial charge in [-0.25, -0.2) is 0 Å². The Balaban J connectivity index is 1.58.